The summed E-state index contributed by atoms with van der Waals surface area (Å²) in [7, 11) is 1.38. The molecule has 1 saturated heterocycles. The summed E-state index contributed by atoms with van der Waals surface area (Å²) in [5, 5.41) is 0. The fraction of sp³-hybridized carbons (Fsp3) is 1.00. The zero-order valence-electron chi connectivity index (χ0n) is 6.65. The van der Waals surface area contributed by atoms with Gasteiger partial charge >= 0.3 is 0 Å². The molecule has 0 aromatic carbocycles. The molecule has 1 aliphatic rings. The van der Waals surface area contributed by atoms with Crippen molar-refractivity contribution in [2.75, 3.05) is 24.0 Å². The zero-order valence-corrected chi connectivity index (χ0v) is 7.47. The van der Waals surface area contributed by atoms with Crippen molar-refractivity contribution in [3.05, 3.63) is 0 Å². The van der Waals surface area contributed by atoms with Crippen LogP contribution >= 0.6 is 10.0 Å². The molecule has 1 fully saturated rings. The molecule has 0 radical (unpaired) electrons. The first-order valence-electron chi connectivity index (χ1n) is 3.89. The Morgan fingerprint density at radius 2 is 1.89 bits per heavy atom. The van der Waals surface area contributed by atoms with Gasteiger partial charge in [0.15, 0.2) is 0 Å². The lowest BCUT2D eigenvalue weighted by molar-refractivity contribution is 1.09. The van der Waals surface area contributed by atoms with Gasteiger partial charge in [0, 0.05) is 0 Å². The smallest absolute Gasteiger partial charge is 0.121 e. The van der Waals surface area contributed by atoms with Crippen LogP contribution in [0, 0.1) is 0 Å². The van der Waals surface area contributed by atoms with Gasteiger partial charge in [-0.3, -0.25) is 0 Å². The van der Waals surface area contributed by atoms with Gasteiger partial charge in [0.1, 0.15) is 7.28 Å². The Morgan fingerprint density at radius 1 is 1.11 bits per heavy atom. The lowest BCUT2D eigenvalue weighted by Gasteiger charge is -2.28. The summed E-state index contributed by atoms with van der Waals surface area (Å²) in [6.45, 7) is 0. The summed E-state index contributed by atoms with van der Waals surface area (Å²) in [6.07, 6.45) is 9.47. The number of rotatable bonds is 0. The van der Waals surface area contributed by atoms with Crippen molar-refractivity contribution < 1.29 is 0 Å². The van der Waals surface area contributed by atoms with Crippen molar-refractivity contribution in [2.45, 2.75) is 19.1 Å². The highest BCUT2D eigenvalue weighted by atomic mass is 32.3. The lowest BCUT2D eigenvalue weighted by atomic mass is 9.71. The molecule has 1 rings (SSSR count). The van der Waals surface area contributed by atoms with E-state index in [2.05, 4.69) is 12.5 Å². The molecule has 0 N–H and O–H groups in total. The molecule has 1 aliphatic heterocycles. The molecule has 0 bridgehead atoms. The topological polar surface area (TPSA) is 0 Å². The van der Waals surface area contributed by atoms with Gasteiger partial charge in [-0.1, -0.05) is 19.1 Å². The molecule has 0 unspecified atom stereocenters. The third-order valence-corrected chi connectivity index (χ3v) is 4.93. The molecule has 0 aromatic heterocycles. The van der Waals surface area contributed by atoms with Crippen LogP contribution in [0.4, 0.5) is 0 Å². The molecular formula is C7H17BS. The summed E-state index contributed by atoms with van der Waals surface area (Å²) >= 11 is 0. The van der Waals surface area contributed by atoms with Gasteiger partial charge in [0.2, 0.25) is 0 Å². The zero-order chi connectivity index (χ0) is 6.74. The Morgan fingerprint density at radius 3 is 2.67 bits per heavy atom. The summed E-state index contributed by atoms with van der Waals surface area (Å²) in [5.41, 5.74) is 0. The third-order valence-electron chi connectivity index (χ3n) is 2.14. The minimum Gasteiger partial charge on any atom is -0.247 e. The van der Waals surface area contributed by atoms with Gasteiger partial charge in [-0.15, -0.1) is 0 Å². The molecule has 0 atom stereocenters. The Labute approximate surface area is 61.0 Å². The minimum absolute atomic E-state index is 0.119. The van der Waals surface area contributed by atoms with E-state index in [1.54, 1.807) is 0 Å². The normalized spacial score (nSPS) is 30.0. The van der Waals surface area contributed by atoms with Crippen LogP contribution < -0.4 is 0 Å². The van der Waals surface area contributed by atoms with Crippen LogP contribution in [0.1, 0.15) is 6.42 Å². The van der Waals surface area contributed by atoms with E-state index in [-0.39, 0.29) is 10.0 Å². The Kier molecular flexibility index (Phi) is 2.51. The average Bonchev–Trinajstić information content (AvgIpc) is 1.92. The number of hydrogen-bond acceptors (Lipinski definition) is 0. The van der Waals surface area contributed by atoms with Gasteiger partial charge < -0.3 is 0 Å². The highest BCUT2D eigenvalue weighted by Crippen LogP contribution is 2.42. The predicted molar refractivity (Wildman–Crippen MR) is 50.6 cm³/mol. The molecule has 0 aliphatic carbocycles. The predicted octanol–water partition coefficient (Wildman–Crippen LogP) is 1.73. The van der Waals surface area contributed by atoms with Crippen molar-refractivity contribution in [3.8, 4) is 0 Å². The summed E-state index contributed by atoms with van der Waals surface area (Å²) in [6, 6.07) is 0. The molecule has 0 nitrogen and oxygen atoms in total. The molecule has 2 heteroatoms. The second kappa shape index (κ2) is 3.00. The highest BCUT2D eigenvalue weighted by Gasteiger charge is 2.13. The largest absolute Gasteiger partial charge is 0.247 e. The maximum absolute atomic E-state index is 2.48. The SMILES string of the molecule is CS1(C)CCBCCC1. The van der Waals surface area contributed by atoms with Gasteiger partial charge in [-0.25, -0.2) is 10.0 Å². The first-order chi connectivity index (χ1) is 4.21. The van der Waals surface area contributed by atoms with Crippen LogP contribution in [0.2, 0.25) is 12.6 Å². The standard InChI is InChI=1S/C7H17BS/c1-9(2)6-3-4-8-5-7-9/h8H,3-7H2,1-2H3. The molecule has 1 heterocycles. The lowest BCUT2D eigenvalue weighted by Crippen LogP contribution is -2.02. The summed E-state index contributed by atoms with van der Waals surface area (Å²) < 4.78 is 0. The Bertz CT molecular complexity index is 80.9. The molecule has 0 spiro atoms. The first kappa shape index (κ1) is 7.52. The van der Waals surface area contributed by atoms with Crippen molar-refractivity contribution in [1.29, 1.82) is 0 Å². The molecule has 0 aromatic rings. The second-order valence-electron chi connectivity index (χ2n) is 3.59. The van der Waals surface area contributed by atoms with Crippen molar-refractivity contribution in [1.82, 2.24) is 0 Å². The fourth-order valence-corrected chi connectivity index (χ4v) is 3.62. The molecule has 54 valence electrons. The van der Waals surface area contributed by atoms with E-state index in [1.807, 2.05) is 0 Å². The van der Waals surface area contributed by atoms with Crippen LogP contribution in [-0.4, -0.2) is 31.3 Å². The quantitative estimate of drug-likeness (QED) is 0.454. The monoisotopic (exact) mass is 144 g/mol. The van der Waals surface area contributed by atoms with Gasteiger partial charge in [0.05, 0.1) is 0 Å². The van der Waals surface area contributed by atoms with E-state index in [1.165, 1.54) is 37.8 Å². The van der Waals surface area contributed by atoms with E-state index >= 15 is 0 Å². The average molecular weight is 144 g/mol. The molecular weight excluding hydrogens is 127 g/mol. The molecule has 0 amide bonds. The maximum Gasteiger partial charge on any atom is 0.121 e. The van der Waals surface area contributed by atoms with Crippen molar-refractivity contribution in [3.63, 3.8) is 0 Å². The van der Waals surface area contributed by atoms with Gasteiger partial charge in [-0.05, 0) is 24.0 Å². The van der Waals surface area contributed by atoms with Crippen LogP contribution in [0.15, 0.2) is 0 Å². The van der Waals surface area contributed by atoms with Gasteiger partial charge in [-0.2, -0.15) is 0 Å². The van der Waals surface area contributed by atoms with Gasteiger partial charge in [0.25, 0.3) is 0 Å². The summed E-state index contributed by atoms with van der Waals surface area (Å²) in [5.74, 6) is 3.07. The van der Waals surface area contributed by atoms with Crippen molar-refractivity contribution >= 4 is 17.3 Å². The molecule has 0 saturated carbocycles. The maximum atomic E-state index is 2.48. The van der Waals surface area contributed by atoms with Crippen LogP contribution in [-0.2, 0) is 0 Å². The number of hydrogen-bond donors (Lipinski definition) is 0. The fourth-order valence-electron chi connectivity index (χ4n) is 1.44. The first-order valence-corrected chi connectivity index (χ1v) is 6.68. The van der Waals surface area contributed by atoms with E-state index in [0.717, 1.165) is 0 Å². The van der Waals surface area contributed by atoms with E-state index < -0.39 is 0 Å². The Balaban J connectivity index is 2.36. The highest BCUT2D eigenvalue weighted by molar-refractivity contribution is 8.32. The Hall–Kier alpha value is 0.415. The second-order valence-corrected chi connectivity index (χ2v) is 7.94. The van der Waals surface area contributed by atoms with E-state index in [9.17, 15) is 0 Å². The van der Waals surface area contributed by atoms with Crippen LogP contribution in [0.25, 0.3) is 0 Å². The van der Waals surface area contributed by atoms with E-state index in [0.29, 0.717) is 0 Å². The van der Waals surface area contributed by atoms with E-state index in [4.69, 9.17) is 0 Å². The third kappa shape index (κ3) is 2.66. The van der Waals surface area contributed by atoms with Crippen LogP contribution in [0.3, 0.4) is 0 Å². The van der Waals surface area contributed by atoms with Crippen molar-refractivity contribution in [2.24, 2.45) is 0 Å². The van der Waals surface area contributed by atoms with Crippen LogP contribution in [0.5, 0.6) is 0 Å². The molecule has 9 heavy (non-hydrogen) atoms. The summed E-state index contributed by atoms with van der Waals surface area (Å²) in [4.78, 5) is 0. The minimum atomic E-state index is -0.119.